The summed E-state index contributed by atoms with van der Waals surface area (Å²) < 4.78 is 11.4. The van der Waals surface area contributed by atoms with Crippen LogP contribution in [0.3, 0.4) is 0 Å². The molecule has 0 amide bonds. The van der Waals surface area contributed by atoms with Gasteiger partial charge in [-0.15, -0.1) is 0 Å². The highest BCUT2D eigenvalue weighted by Gasteiger charge is 2.17. The highest BCUT2D eigenvalue weighted by molar-refractivity contribution is 5.44. The maximum absolute atomic E-state index is 6.36. The van der Waals surface area contributed by atoms with E-state index in [1.165, 1.54) is 32.4 Å². The summed E-state index contributed by atoms with van der Waals surface area (Å²) in [7, 11) is 0. The van der Waals surface area contributed by atoms with Crippen LogP contribution in [0.25, 0.3) is 0 Å². The SMILES string of the molecule is NC(CN1CCCCC1)c1ccc2c(c1)OCCCO2. The lowest BCUT2D eigenvalue weighted by atomic mass is 10.0. The Balaban J connectivity index is 1.67. The number of rotatable bonds is 3. The second-order valence-corrected chi connectivity index (χ2v) is 5.72. The van der Waals surface area contributed by atoms with E-state index in [0.717, 1.165) is 43.2 Å². The van der Waals surface area contributed by atoms with Crippen molar-refractivity contribution in [3.05, 3.63) is 23.8 Å². The zero-order chi connectivity index (χ0) is 13.8. The summed E-state index contributed by atoms with van der Waals surface area (Å²) in [6, 6.07) is 6.16. The Labute approximate surface area is 120 Å². The van der Waals surface area contributed by atoms with Gasteiger partial charge < -0.3 is 20.1 Å². The van der Waals surface area contributed by atoms with Crippen LogP contribution in [-0.4, -0.2) is 37.7 Å². The molecule has 0 saturated carbocycles. The summed E-state index contributed by atoms with van der Waals surface area (Å²) in [5.41, 5.74) is 7.50. The molecule has 0 radical (unpaired) electrons. The van der Waals surface area contributed by atoms with Gasteiger partial charge in [-0.05, 0) is 43.6 Å². The standard InChI is InChI=1S/C16H24N2O2/c17-14(12-18-7-2-1-3-8-18)13-5-6-15-16(11-13)20-10-4-9-19-15/h5-6,11,14H,1-4,7-10,12,17H2. The van der Waals surface area contributed by atoms with Crippen LogP contribution in [0.4, 0.5) is 0 Å². The summed E-state index contributed by atoms with van der Waals surface area (Å²) in [6.07, 6.45) is 4.89. The molecule has 4 heteroatoms. The van der Waals surface area contributed by atoms with E-state index in [9.17, 15) is 0 Å². The molecule has 110 valence electrons. The number of nitrogens with two attached hydrogens (primary N) is 1. The number of ether oxygens (including phenoxy) is 2. The minimum absolute atomic E-state index is 0.0465. The Bertz CT molecular complexity index is 444. The summed E-state index contributed by atoms with van der Waals surface area (Å²) in [4.78, 5) is 2.47. The van der Waals surface area contributed by atoms with Crippen LogP contribution in [0.5, 0.6) is 11.5 Å². The number of fused-ring (bicyclic) bond motifs is 1. The lowest BCUT2D eigenvalue weighted by Crippen LogP contribution is -2.36. The number of benzene rings is 1. The van der Waals surface area contributed by atoms with E-state index < -0.39 is 0 Å². The van der Waals surface area contributed by atoms with Gasteiger partial charge in [0.15, 0.2) is 11.5 Å². The number of hydrogen-bond donors (Lipinski definition) is 1. The van der Waals surface area contributed by atoms with Gasteiger partial charge in [0, 0.05) is 19.0 Å². The van der Waals surface area contributed by atoms with Crippen LogP contribution in [0.15, 0.2) is 18.2 Å². The topological polar surface area (TPSA) is 47.7 Å². The van der Waals surface area contributed by atoms with Gasteiger partial charge in [-0.2, -0.15) is 0 Å². The normalized spacial score (nSPS) is 21.2. The highest BCUT2D eigenvalue weighted by Crippen LogP contribution is 2.32. The first-order valence-corrected chi connectivity index (χ1v) is 7.70. The van der Waals surface area contributed by atoms with E-state index >= 15 is 0 Å². The molecular weight excluding hydrogens is 252 g/mol. The van der Waals surface area contributed by atoms with Crippen LogP contribution in [-0.2, 0) is 0 Å². The van der Waals surface area contributed by atoms with Gasteiger partial charge in [0.1, 0.15) is 0 Å². The Morgan fingerprint density at radius 2 is 1.75 bits per heavy atom. The third kappa shape index (κ3) is 3.25. The average molecular weight is 276 g/mol. The first-order chi connectivity index (χ1) is 9.83. The van der Waals surface area contributed by atoms with Gasteiger partial charge in [0.25, 0.3) is 0 Å². The van der Waals surface area contributed by atoms with Crippen molar-refractivity contribution < 1.29 is 9.47 Å². The Kier molecular flexibility index (Phi) is 4.43. The first-order valence-electron chi connectivity index (χ1n) is 7.70. The van der Waals surface area contributed by atoms with Crippen molar-refractivity contribution in [2.24, 2.45) is 5.73 Å². The molecule has 1 unspecified atom stereocenters. The van der Waals surface area contributed by atoms with Crippen molar-refractivity contribution >= 4 is 0 Å². The Morgan fingerprint density at radius 1 is 1.00 bits per heavy atom. The predicted octanol–water partition coefficient (Wildman–Crippen LogP) is 2.33. The van der Waals surface area contributed by atoms with E-state index in [1.807, 2.05) is 6.07 Å². The van der Waals surface area contributed by atoms with E-state index in [4.69, 9.17) is 15.2 Å². The van der Waals surface area contributed by atoms with Crippen molar-refractivity contribution in [2.45, 2.75) is 31.7 Å². The van der Waals surface area contributed by atoms with Gasteiger partial charge >= 0.3 is 0 Å². The number of piperidine rings is 1. The fourth-order valence-electron chi connectivity index (χ4n) is 2.94. The molecule has 3 rings (SSSR count). The molecule has 2 heterocycles. The van der Waals surface area contributed by atoms with Gasteiger partial charge in [-0.25, -0.2) is 0 Å². The molecule has 1 atom stereocenters. The molecule has 1 aromatic rings. The lowest BCUT2D eigenvalue weighted by Gasteiger charge is -2.29. The molecule has 0 aromatic heterocycles. The molecule has 2 aliphatic rings. The van der Waals surface area contributed by atoms with Crippen LogP contribution < -0.4 is 15.2 Å². The van der Waals surface area contributed by atoms with E-state index in [1.54, 1.807) is 0 Å². The maximum atomic E-state index is 6.36. The largest absolute Gasteiger partial charge is 0.490 e. The van der Waals surface area contributed by atoms with E-state index in [0.29, 0.717) is 0 Å². The second-order valence-electron chi connectivity index (χ2n) is 5.72. The number of hydrogen-bond acceptors (Lipinski definition) is 4. The summed E-state index contributed by atoms with van der Waals surface area (Å²) in [6.45, 7) is 4.74. The average Bonchev–Trinajstić information content (AvgIpc) is 2.72. The van der Waals surface area contributed by atoms with Gasteiger partial charge in [-0.1, -0.05) is 12.5 Å². The van der Waals surface area contributed by atoms with Gasteiger partial charge in [-0.3, -0.25) is 0 Å². The van der Waals surface area contributed by atoms with Crippen molar-refractivity contribution in [1.82, 2.24) is 4.90 Å². The summed E-state index contributed by atoms with van der Waals surface area (Å²) in [5, 5.41) is 0. The van der Waals surface area contributed by atoms with E-state index in [2.05, 4.69) is 17.0 Å². The zero-order valence-corrected chi connectivity index (χ0v) is 12.0. The maximum Gasteiger partial charge on any atom is 0.161 e. The predicted molar refractivity (Wildman–Crippen MR) is 79.3 cm³/mol. The van der Waals surface area contributed by atoms with Crippen LogP contribution in [0.2, 0.25) is 0 Å². The smallest absolute Gasteiger partial charge is 0.161 e. The summed E-state index contributed by atoms with van der Waals surface area (Å²) in [5.74, 6) is 1.69. The van der Waals surface area contributed by atoms with Gasteiger partial charge in [0.05, 0.1) is 13.2 Å². The molecule has 2 N–H and O–H groups in total. The number of likely N-dealkylation sites (tertiary alicyclic amines) is 1. The van der Waals surface area contributed by atoms with Crippen molar-refractivity contribution in [2.75, 3.05) is 32.8 Å². The fourth-order valence-corrected chi connectivity index (χ4v) is 2.94. The lowest BCUT2D eigenvalue weighted by molar-refractivity contribution is 0.216. The first kappa shape index (κ1) is 13.7. The van der Waals surface area contributed by atoms with E-state index in [-0.39, 0.29) is 6.04 Å². The summed E-state index contributed by atoms with van der Waals surface area (Å²) >= 11 is 0. The molecule has 1 aromatic carbocycles. The Morgan fingerprint density at radius 3 is 2.55 bits per heavy atom. The monoisotopic (exact) mass is 276 g/mol. The van der Waals surface area contributed by atoms with Crippen molar-refractivity contribution in [3.63, 3.8) is 0 Å². The molecule has 1 fully saturated rings. The van der Waals surface area contributed by atoms with Crippen LogP contribution in [0.1, 0.15) is 37.3 Å². The molecule has 0 spiro atoms. The molecule has 2 aliphatic heterocycles. The van der Waals surface area contributed by atoms with Crippen LogP contribution >= 0.6 is 0 Å². The van der Waals surface area contributed by atoms with Crippen molar-refractivity contribution in [1.29, 1.82) is 0 Å². The second kappa shape index (κ2) is 6.46. The van der Waals surface area contributed by atoms with Crippen LogP contribution in [0, 0.1) is 0 Å². The zero-order valence-electron chi connectivity index (χ0n) is 12.0. The fraction of sp³-hybridized carbons (Fsp3) is 0.625. The molecule has 0 bridgehead atoms. The third-order valence-electron chi connectivity index (χ3n) is 4.10. The molecule has 20 heavy (non-hydrogen) atoms. The third-order valence-corrected chi connectivity index (χ3v) is 4.10. The Hall–Kier alpha value is -1.26. The number of nitrogens with zero attached hydrogens (tertiary/aromatic N) is 1. The van der Waals surface area contributed by atoms with Crippen molar-refractivity contribution in [3.8, 4) is 11.5 Å². The molecule has 0 aliphatic carbocycles. The molecule has 4 nitrogen and oxygen atoms in total. The minimum atomic E-state index is 0.0465. The minimum Gasteiger partial charge on any atom is -0.490 e. The quantitative estimate of drug-likeness (QED) is 0.920. The molecule has 1 saturated heterocycles. The van der Waals surface area contributed by atoms with Gasteiger partial charge in [0.2, 0.25) is 0 Å². The molecular formula is C16H24N2O2. The highest BCUT2D eigenvalue weighted by atomic mass is 16.5.